The third-order valence-corrected chi connectivity index (χ3v) is 1.93. The first kappa shape index (κ1) is 17.2. The molecule has 0 aromatic carbocycles. The molecule has 0 saturated carbocycles. The minimum atomic E-state index is -4.20. The molecule has 0 bridgehead atoms. The summed E-state index contributed by atoms with van der Waals surface area (Å²) in [6, 6.07) is 0. The van der Waals surface area contributed by atoms with Gasteiger partial charge in [-0.1, -0.05) is 0 Å². The molecule has 8 heteroatoms. The molecular formula is C6H16NNaO5S. The van der Waals surface area contributed by atoms with Crippen LogP contribution in [0.3, 0.4) is 0 Å². The van der Waals surface area contributed by atoms with Gasteiger partial charge in [0.25, 0.3) is 10.1 Å². The molecule has 0 unspecified atom stereocenters. The zero-order valence-electron chi connectivity index (χ0n) is 7.69. The molecule has 6 nitrogen and oxygen atoms in total. The van der Waals surface area contributed by atoms with Crippen molar-refractivity contribution in [2.75, 3.05) is 19.0 Å². The normalized spacial score (nSPS) is 12.3. The van der Waals surface area contributed by atoms with E-state index in [2.05, 4.69) is 0 Å². The maximum absolute atomic E-state index is 10.5. The molecule has 0 aliphatic heterocycles. The molecule has 0 aromatic heterocycles. The van der Waals surface area contributed by atoms with Crippen molar-refractivity contribution >= 4 is 39.7 Å². The Labute approximate surface area is 106 Å². The number of rotatable bonds is 6. The first-order valence-electron chi connectivity index (χ1n) is 3.85. The van der Waals surface area contributed by atoms with Gasteiger partial charge in [0, 0.05) is 13.2 Å². The molecule has 14 heavy (non-hydrogen) atoms. The molecular weight excluding hydrogens is 221 g/mol. The SMILES string of the molecule is CCOC(N)(CS(=O)(=O)O)OCC.[NaH]. The van der Waals surface area contributed by atoms with Crippen molar-refractivity contribution in [2.24, 2.45) is 5.73 Å². The Hall–Kier alpha value is 0.790. The molecule has 0 spiro atoms. The van der Waals surface area contributed by atoms with Crippen LogP contribution in [0.2, 0.25) is 0 Å². The summed E-state index contributed by atoms with van der Waals surface area (Å²) in [5.41, 5.74) is 5.42. The van der Waals surface area contributed by atoms with Crippen LogP contribution >= 0.6 is 0 Å². The Kier molecular flexibility index (Phi) is 8.75. The monoisotopic (exact) mass is 237 g/mol. The first-order chi connectivity index (χ1) is 5.83. The molecule has 0 heterocycles. The van der Waals surface area contributed by atoms with Crippen molar-refractivity contribution in [3.63, 3.8) is 0 Å². The average molecular weight is 237 g/mol. The fourth-order valence-electron chi connectivity index (χ4n) is 0.868. The van der Waals surface area contributed by atoms with E-state index in [1.54, 1.807) is 13.8 Å². The zero-order valence-corrected chi connectivity index (χ0v) is 8.50. The van der Waals surface area contributed by atoms with Gasteiger partial charge in [-0.2, -0.15) is 8.42 Å². The topological polar surface area (TPSA) is 98.9 Å². The summed E-state index contributed by atoms with van der Waals surface area (Å²) in [6.45, 7) is 3.69. The second kappa shape index (κ2) is 7.13. The number of nitrogens with two attached hydrogens (primary N) is 1. The van der Waals surface area contributed by atoms with E-state index in [1.807, 2.05) is 0 Å². The summed E-state index contributed by atoms with van der Waals surface area (Å²) < 4.78 is 39.3. The fourth-order valence-corrected chi connectivity index (χ4v) is 1.54. The van der Waals surface area contributed by atoms with Gasteiger partial charge in [0.2, 0.25) is 5.91 Å². The molecule has 3 N–H and O–H groups in total. The predicted molar refractivity (Wildman–Crippen MR) is 53.7 cm³/mol. The van der Waals surface area contributed by atoms with Gasteiger partial charge in [0.05, 0.1) is 0 Å². The molecule has 82 valence electrons. The van der Waals surface area contributed by atoms with Gasteiger partial charge in [-0.15, -0.1) is 0 Å². The van der Waals surface area contributed by atoms with E-state index in [4.69, 9.17) is 19.8 Å². The van der Waals surface area contributed by atoms with E-state index in [0.29, 0.717) is 0 Å². The van der Waals surface area contributed by atoms with E-state index in [9.17, 15) is 8.42 Å². The van der Waals surface area contributed by atoms with Crippen LogP contribution in [-0.2, 0) is 19.6 Å². The van der Waals surface area contributed by atoms with E-state index >= 15 is 0 Å². The minimum absolute atomic E-state index is 0. The van der Waals surface area contributed by atoms with Crippen LogP contribution in [0.5, 0.6) is 0 Å². The molecule has 0 saturated heterocycles. The van der Waals surface area contributed by atoms with Crippen molar-refractivity contribution in [3.8, 4) is 0 Å². The summed E-state index contributed by atoms with van der Waals surface area (Å²) in [5.74, 6) is -2.53. The van der Waals surface area contributed by atoms with Crippen LogP contribution < -0.4 is 5.73 Å². The van der Waals surface area contributed by atoms with Crippen molar-refractivity contribution in [1.82, 2.24) is 0 Å². The Morgan fingerprint density at radius 1 is 1.29 bits per heavy atom. The van der Waals surface area contributed by atoms with Gasteiger partial charge < -0.3 is 9.47 Å². The Bertz CT molecular complexity index is 237. The molecule has 0 aromatic rings. The van der Waals surface area contributed by atoms with E-state index in [0.717, 1.165) is 0 Å². The number of hydrogen-bond donors (Lipinski definition) is 2. The molecule has 0 aliphatic rings. The molecule has 0 amide bonds. The Balaban J connectivity index is 0. The van der Waals surface area contributed by atoms with Crippen molar-refractivity contribution in [2.45, 2.75) is 19.8 Å². The maximum atomic E-state index is 10.5. The fraction of sp³-hybridized carbons (Fsp3) is 1.00. The van der Waals surface area contributed by atoms with Crippen LogP contribution in [0.1, 0.15) is 13.8 Å². The van der Waals surface area contributed by atoms with Crippen molar-refractivity contribution < 1.29 is 22.4 Å². The quantitative estimate of drug-likeness (QED) is 0.346. The predicted octanol–water partition coefficient (Wildman–Crippen LogP) is -1.09. The average Bonchev–Trinajstić information content (AvgIpc) is 1.82. The van der Waals surface area contributed by atoms with Crippen LogP contribution in [0, 0.1) is 0 Å². The van der Waals surface area contributed by atoms with E-state index < -0.39 is 21.8 Å². The third-order valence-electron chi connectivity index (χ3n) is 1.16. The van der Waals surface area contributed by atoms with Crippen LogP contribution in [-0.4, -0.2) is 67.4 Å². The molecule has 0 fully saturated rings. The molecule has 0 rings (SSSR count). The standard InChI is InChI=1S/C6H15NO5S.Na.H/c1-3-11-6(7,12-4-2)5-13(8,9)10;;/h3-5,7H2,1-2H3,(H,8,9,10);;. The van der Waals surface area contributed by atoms with Crippen molar-refractivity contribution in [3.05, 3.63) is 0 Å². The Morgan fingerprint density at radius 2 is 1.64 bits per heavy atom. The number of hydrogen-bond acceptors (Lipinski definition) is 5. The second-order valence-corrected chi connectivity index (χ2v) is 3.86. The van der Waals surface area contributed by atoms with Crippen molar-refractivity contribution in [1.29, 1.82) is 0 Å². The molecule has 0 atom stereocenters. The summed E-state index contributed by atoms with van der Waals surface area (Å²) in [7, 11) is -4.20. The molecule has 0 aliphatic carbocycles. The van der Waals surface area contributed by atoms with Gasteiger partial charge in [0.15, 0.2) is 0 Å². The molecule has 0 radical (unpaired) electrons. The van der Waals surface area contributed by atoms with Crippen LogP contribution in [0.15, 0.2) is 0 Å². The summed E-state index contributed by atoms with van der Waals surface area (Å²) >= 11 is 0. The van der Waals surface area contributed by atoms with Crippen LogP contribution in [0.4, 0.5) is 0 Å². The second-order valence-electron chi connectivity index (χ2n) is 2.40. The zero-order chi connectivity index (χ0) is 10.5. The summed E-state index contributed by atoms with van der Waals surface area (Å²) in [4.78, 5) is 0. The first-order valence-corrected chi connectivity index (χ1v) is 5.46. The van der Waals surface area contributed by atoms with E-state index in [-0.39, 0.29) is 42.8 Å². The van der Waals surface area contributed by atoms with Gasteiger partial charge in [0.1, 0.15) is 5.75 Å². The van der Waals surface area contributed by atoms with Gasteiger partial charge >= 0.3 is 29.6 Å². The third kappa shape index (κ3) is 8.13. The van der Waals surface area contributed by atoms with Gasteiger partial charge in [-0.3, -0.25) is 10.3 Å². The summed E-state index contributed by atoms with van der Waals surface area (Å²) in [5, 5.41) is 0. The number of ether oxygens (including phenoxy) is 2. The van der Waals surface area contributed by atoms with Gasteiger partial charge in [-0.25, -0.2) is 0 Å². The Morgan fingerprint density at radius 3 is 1.86 bits per heavy atom. The summed E-state index contributed by atoms with van der Waals surface area (Å²) in [6.07, 6.45) is 0. The van der Waals surface area contributed by atoms with Crippen LogP contribution in [0.25, 0.3) is 0 Å². The van der Waals surface area contributed by atoms with Gasteiger partial charge in [-0.05, 0) is 13.8 Å². The van der Waals surface area contributed by atoms with E-state index in [1.165, 1.54) is 0 Å².